The molecule has 2 N–H and O–H groups in total. The Morgan fingerprint density at radius 1 is 1.42 bits per heavy atom. The summed E-state index contributed by atoms with van der Waals surface area (Å²) in [5, 5.41) is 8.69. The number of hydrogen-bond donors (Lipinski definition) is 2. The maximum absolute atomic E-state index is 12.6. The number of H-pyrrole nitrogens is 1. The van der Waals surface area contributed by atoms with Crippen molar-refractivity contribution < 1.29 is 4.79 Å². The molecule has 4 rings (SSSR count). The fourth-order valence-corrected chi connectivity index (χ4v) is 3.82. The third-order valence-electron chi connectivity index (χ3n) is 5.08. The van der Waals surface area contributed by atoms with E-state index in [1.54, 1.807) is 0 Å². The zero-order valence-electron chi connectivity index (χ0n) is 14.1. The van der Waals surface area contributed by atoms with Crippen LogP contribution < -0.4 is 5.32 Å². The molecule has 0 spiro atoms. The van der Waals surface area contributed by atoms with Crippen molar-refractivity contribution in [2.45, 2.75) is 38.6 Å². The van der Waals surface area contributed by atoms with Crippen LogP contribution in [0.4, 0.5) is 0 Å². The zero-order valence-corrected chi connectivity index (χ0v) is 14.1. The summed E-state index contributed by atoms with van der Waals surface area (Å²) in [5.74, 6) is 0.0737. The quantitative estimate of drug-likeness (QED) is 0.779. The number of fused-ring (bicyclic) bond motifs is 2. The molecule has 24 heavy (non-hydrogen) atoms. The van der Waals surface area contributed by atoms with Gasteiger partial charge in [0.15, 0.2) is 0 Å². The number of rotatable bonds is 3. The van der Waals surface area contributed by atoms with Crippen molar-refractivity contribution in [3.8, 4) is 0 Å². The van der Waals surface area contributed by atoms with Gasteiger partial charge in [0.2, 0.25) is 5.91 Å². The highest BCUT2D eigenvalue weighted by molar-refractivity contribution is 5.90. The number of benzene rings is 1. The Hall–Kier alpha value is -2.56. The smallest absolute Gasteiger partial charge is 0.224 e. The summed E-state index contributed by atoms with van der Waals surface area (Å²) in [6.07, 6.45) is 5.42. The third kappa shape index (κ3) is 2.50. The number of hydrogen-bond acceptors (Lipinski definition) is 2. The highest BCUT2D eigenvalue weighted by atomic mass is 16.1. The van der Waals surface area contributed by atoms with Crippen LogP contribution in [0.2, 0.25) is 0 Å². The van der Waals surface area contributed by atoms with Gasteiger partial charge in [0.25, 0.3) is 0 Å². The van der Waals surface area contributed by atoms with Gasteiger partial charge in [0.05, 0.1) is 18.7 Å². The molecular formula is C19H22N4O. The first-order chi connectivity index (χ1) is 11.6. The molecule has 1 aliphatic rings. The lowest BCUT2D eigenvalue weighted by Crippen LogP contribution is -2.32. The highest BCUT2D eigenvalue weighted by Gasteiger charge is 2.25. The Morgan fingerprint density at radius 2 is 2.25 bits per heavy atom. The second-order valence-electron chi connectivity index (χ2n) is 6.63. The van der Waals surface area contributed by atoms with Gasteiger partial charge < -0.3 is 10.3 Å². The van der Waals surface area contributed by atoms with Gasteiger partial charge >= 0.3 is 0 Å². The number of nitrogens with one attached hydrogen (secondary N) is 2. The number of para-hydroxylation sites is 1. The third-order valence-corrected chi connectivity index (χ3v) is 5.08. The summed E-state index contributed by atoms with van der Waals surface area (Å²) in [6.45, 7) is 2.03. The summed E-state index contributed by atoms with van der Waals surface area (Å²) in [5.41, 5.74) is 5.66. The number of nitrogens with zero attached hydrogens (tertiary/aromatic N) is 2. The molecule has 0 saturated carbocycles. The van der Waals surface area contributed by atoms with Gasteiger partial charge in [-0.1, -0.05) is 18.2 Å². The molecule has 2 heterocycles. The van der Waals surface area contributed by atoms with Crippen molar-refractivity contribution in [3.05, 3.63) is 53.0 Å². The van der Waals surface area contributed by atoms with Crippen molar-refractivity contribution in [3.63, 3.8) is 0 Å². The molecule has 0 fully saturated rings. The predicted molar refractivity (Wildman–Crippen MR) is 93.8 cm³/mol. The minimum Gasteiger partial charge on any atom is -0.358 e. The zero-order chi connectivity index (χ0) is 16.7. The molecule has 0 unspecified atom stereocenters. The number of aryl methyl sites for hydroxylation is 2. The minimum atomic E-state index is 0.0737. The van der Waals surface area contributed by atoms with Gasteiger partial charge in [0, 0.05) is 34.9 Å². The van der Waals surface area contributed by atoms with Crippen LogP contribution >= 0.6 is 0 Å². The summed E-state index contributed by atoms with van der Waals surface area (Å²) in [7, 11) is 1.97. The molecule has 1 atom stereocenters. The fraction of sp³-hybridized carbons (Fsp3) is 0.368. The fourth-order valence-electron chi connectivity index (χ4n) is 3.82. The normalized spacial score (nSPS) is 17.0. The van der Waals surface area contributed by atoms with Crippen molar-refractivity contribution in [1.29, 1.82) is 0 Å². The minimum absolute atomic E-state index is 0.0737. The molecule has 2 aromatic heterocycles. The molecular weight excluding hydrogens is 300 g/mol. The van der Waals surface area contributed by atoms with Crippen LogP contribution in [0.3, 0.4) is 0 Å². The Labute approximate surface area is 141 Å². The molecule has 0 bridgehead atoms. The van der Waals surface area contributed by atoms with E-state index >= 15 is 0 Å². The van der Waals surface area contributed by atoms with E-state index in [-0.39, 0.29) is 11.9 Å². The Balaban J connectivity index is 1.54. The Kier molecular flexibility index (Phi) is 3.63. The molecule has 0 saturated heterocycles. The summed E-state index contributed by atoms with van der Waals surface area (Å²) < 4.78 is 1.93. The summed E-state index contributed by atoms with van der Waals surface area (Å²) in [4.78, 5) is 16.0. The first-order valence-corrected chi connectivity index (χ1v) is 8.50. The van der Waals surface area contributed by atoms with Crippen LogP contribution in [0.1, 0.15) is 41.4 Å². The van der Waals surface area contributed by atoms with Gasteiger partial charge in [0.1, 0.15) is 0 Å². The maximum Gasteiger partial charge on any atom is 0.224 e. The standard InChI is InChI=1S/C19H22N4O/c1-12-14(13-6-3-4-7-16(13)21-12)10-19(24)22-17-8-5-9-18-15(17)11-20-23(18)2/h3-4,6-7,11,17,21H,5,8-10H2,1-2H3,(H,22,24)/t17-/m1/s1. The second kappa shape index (κ2) is 5.82. The number of carbonyl (C=O) groups is 1. The number of aromatic nitrogens is 3. The Bertz CT molecular complexity index is 905. The molecule has 1 aliphatic carbocycles. The molecule has 124 valence electrons. The van der Waals surface area contributed by atoms with E-state index in [1.807, 2.05) is 43.0 Å². The van der Waals surface area contributed by atoms with Crippen LogP contribution in [0.5, 0.6) is 0 Å². The van der Waals surface area contributed by atoms with E-state index in [0.29, 0.717) is 6.42 Å². The highest BCUT2D eigenvalue weighted by Crippen LogP contribution is 2.29. The van der Waals surface area contributed by atoms with Crippen molar-refractivity contribution in [1.82, 2.24) is 20.1 Å². The van der Waals surface area contributed by atoms with Crippen LogP contribution in [-0.4, -0.2) is 20.7 Å². The van der Waals surface area contributed by atoms with E-state index in [0.717, 1.165) is 41.4 Å². The van der Waals surface area contributed by atoms with E-state index in [9.17, 15) is 4.79 Å². The van der Waals surface area contributed by atoms with E-state index in [4.69, 9.17) is 0 Å². The summed E-state index contributed by atoms with van der Waals surface area (Å²) in [6, 6.07) is 8.22. The van der Waals surface area contributed by atoms with Crippen molar-refractivity contribution in [2.24, 2.45) is 7.05 Å². The lowest BCUT2D eigenvalue weighted by molar-refractivity contribution is -0.121. The van der Waals surface area contributed by atoms with Crippen LogP contribution in [-0.2, 0) is 24.7 Å². The Morgan fingerprint density at radius 3 is 3.12 bits per heavy atom. The predicted octanol–water partition coefficient (Wildman–Crippen LogP) is 2.95. The van der Waals surface area contributed by atoms with Crippen LogP contribution in [0.25, 0.3) is 10.9 Å². The van der Waals surface area contributed by atoms with Crippen molar-refractivity contribution >= 4 is 16.8 Å². The first kappa shape index (κ1) is 15.0. The summed E-state index contributed by atoms with van der Waals surface area (Å²) >= 11 is 0. The van der Waals surface area contributed by atoms with E-state index in [2.05, 4.69) is 21.5 Å². The largest absolute Gasteiger partial charge is 0.358 e. The molecule has 1 aromatic carbocycles. The van der Waals surface area contributed by atoms with Gasteiger partial charge in [-0.3, -0.25) is 9.48 Å². The van der Waals surface area contributed by atoms with Gasteiger partial charge in [-0.15, -0.1) is 0 Å². The van der Waals surface area contributed by atoms with Crippen LogP contribution in [0.15, 0.2) is 30.5 Å². The monoisotopic (exact) mass is 322 g/mol. The molecule has 5 heteroatoms. The molecule has 3 aromatic rings. The molecule has 0 aliphatic heterocycles. The number of aromatic amines is 1. The van der Waals surface area contributed by atoms with Crippen LogP contribution in [0, 0.1) is 6.92 Å². The molecule has 5 nitrogen and oxygen atoms in total. The first-order valence-electron chi connectivity index (χ1n) is 8.50. The molecule has 1 amide bonds. The van der Waals surface area contributed by atoms with E-state index in [1.165, 1.54) is 11.3 Å². The number of amides is 1. The van der Waals surface area contributed by atoms with Gasteiger partial charge in [-0.2, -0.15) is 5.10 Å². The topological polar surface area (TPSA) is 62.7 Å². The second-order valence-corrected chi connectivity index (χ2v) is 6.63. The average Bonchev–Trinajstić information content (AvgIpc) is 3.10. The van der Waals surface area contributed by atoms with Gasteiger partial charge in [-0.05, 0) is 37.8 Å². The SMILES string of the molecule is Cc1[nH]c2ccccc2c1CC(=O)N[C@@H]1CCCc2c1cnn2C. The lowest BCUT2D eigenvalue weighted by atomic mass is 9.92. The maximum atomic E-state index is 12.6. The van der Waals surface area contributed by atoms with Gasteiger partial charge in [-0.25, -0.2) is 0 Å². The van der Waals surface area contributed by atoms with Crippen molar-refractivity contribution in [2.75, 3.05) is 0 Å². The number of carbonyl (C=O) groups excluding carboxylic acids is 1. The average molecular weight is 322 g/mol. The lowest BCUT2D eigenvalue weighted by Gasteiger charge is -2.23. The molecule has 0 radical (unpaired) electrons. The van der Waals surface area contributed by atoms with E-state index < -0.39 is 0 Å².